The minimum Gasteiger partial charge on any atom is -0.364 e. The van der Waals surface area contributed by atoms with Crippen molar-refractivity contribution >= 4 is 16.8 Å². The van der Waals surface area contributed by atoms with Gasteiger partial charge in [-0.25, -0.2) is 9.97 Å². The third-order valence-corrected chi connectivity index (χ3v) is 5.32. The number of piperidine rings is 1. The molecule has 2 aromatic heterocycles. The fraction of sp³-hybridized carbons (Fsp3) is 0.381. The van der Waals surface area contributed by atoms with Crippen LogP contribution in [-0.4, -0.2) is 38.8 Å². The smallest absolute Gasteiger partial charge is 0.267 e. The fourth-order valence-corrected chi connectivity index (χ4v) is 4.15. The van der Waals surface area contributed by atoms with Gasteiger partial charge in [0, 0.05) is 35.9 Å². The van der Waals surface area contributed by atoms with E-state index in [0.29, 0.717) is 17.4 Å². The van der Waals surface area contributed by atoms with E-state index < -0.39 is 5.91 Å². The Morgan fingerprint density at radius 3 is 3.07 bits per heavy atom. The Bertz CT molecular complexity index is 964. The molecule has 1 aliphatic heterocycles. The molecule has 1 unspecified atom stereocenters. The van der Waals surface area contributed by atoms with E-state index in [9.17, 15) is 4.79 Å². The third kappa shape index (κ3) is 4.01. The topological polar surface area (TPSA) is 87.9 Å². The number of likely N-dealkylation sites (tertiary alicyclic amines) is 1. The second-order valence-corrected chi connectivity index (χ2v) is 7.46. The highest BCUT2D eigenvalue weighted by Gasteiger charge is 2.22. The summed E-state index contributed by atoms with van der Waals surface area (Å²) in [6.07, 6.45) is 5.22. The molecule has 0 aliphatic carbocycles. The van der Waals surface area contributed by atoms with Gasteiger partial charge in [-0.2, -0.15) is 0 Å². The van der Waals surface area contributed by atoms with E-state index in [1.807, 2.05) is 6.20 Å². The Kier molecular flexibility index (Phi) is 4.90. The lowest BCUT2D eigenvalue weighted by Gasteiger charge is -2.33. The number of nitrogens with two attached hydrogens (primary N) is 1. The highest BCUT2D eigenvalue weighted by atomic mass is 16.1. The van der Waals surface area contributed by atoms with Gasteiger partial charge in [0.05, 0.1) is 0 Å². The first-order chi connectivity index (χ1) is 13.1. The number of nitrogens with one attached hydrogen (secondary N) is 1. The van der Waals surface area contributed by atoms with Crippen molar-refractivity contribution < 1.29 is 4.79 Å². The van der Waals surface area contributed by atoms with Crippen LogP contribution in [0.5, 0.6) is 0 Å². The summed E-state index contributed by atoms with van der Waals surface area (Å²) in [5.74, 6) is 0.638. The Labute approximate surface area is 158 Å². The predicted molar refractivity (Wildman–Crippen MR) is 105 cm³/mol. The first-order valence-electron chi connectivity index (χ1n) is 9.50. The molecule has 1 amide bonds. The molecule has 140 valence electrons. The van der Waals surface area contributed by atoms with E-state index in [1.54, 1.807) is 13.0 Å². The number of carbonyl (C=O) groups is 1. The first kappa shape index (κ1) is 17.7. The lowest BCUT2D eigenvalue weighted by molar-refractivity contribution is 0.0995. The predicted octanol–water partition coefficient (Wildman–Crippen LogP) is 2.82. The highest BCUT2D eigenvalue weighted by molar-refractivity contribution is 5.90. The molecule has 0 spiro atoms. The van der Waals surface area contributed by atoms with E-state index >= 15 is 0 Å². The molecular formula is C21H25N5O. The molecule has 1 aliphatic rings. The largest absolute Gasteiger partial charge is 0.364 e. The number of benzene rings is 1. The van der Waals surface area contributed by atoms with Crippen LogP contribution in [-0.2, 0) is 13.0 Å². The number of hydrogen-bond donors (Lipinski definition) is 2. The van der Waals surface area contributed by atoms with Crippen LogP contribution in [0.15, 0.2) is 36.5 Å². The molecule has 1 saturated heterocycles. The zero-order chi connectivity index (χ0) is 18.8. The monoisotopic (exact) mass is 363 g/mol. The Morgan fingerprint density at radius 1 is 1.33 bits per heavy atom. The molecule has 1 atom stereocenters. The van der Waals surface area contributed by atoms with Crippen molar-refractivity contribution in [2.45, 2.75) is 32.7 Å². The molecule has 1 fully saturated rings. The molecule has 3 heterocycles. The molecule has 3 N–H and O–H groups in total. The van der Waals surface area contributed by atoms with Crippen molar-refractivity contribution in [2.75, 3.05) is 13.1 Å². The number of fused-ring (bicyclic) bond motifs is 1. The second kappa shape index (κ2) is 7.48. The van der Waals surface area contributed by atoms with Crippen LogP contribution < -0.4 is 5.73 Å². The van der Waals surface area contributed by atoms with Gasteiger partial charge >= 0.3 is 0 Å². The molecule has 0 radical (unpaired) electrons. The number of nitrogens with zero attached hydrogens (tertiary/aromatic N) is 3. The average molecular weight is 363 g/mol. The average Bonchev–Trinajstić information content (AvgIpc) is 3.11. The molecule has 27 heavy (non-hydrogen) atoms. The van der Waals surface area contributed by atoms with Gasteiger partial charge in [0.1, 0.15) is 11.5 Å². The zero-order valence-corrected chi connectivity index (χ0v) is 15.6. The molecule has 4 rings (SSSR count). The standard InChI is InChI=1S/C21H25N5O/c1-14-24-17(11-20(25-14)21(22)27)10-15-4-3-9-26(12-15)13-16-5-2-6-19-18(16)7-8-23-19/h2,5-8,11,15,23H,3-4,9-10,12-13H2,1H3,(H2,22,27). The summed E-state index contributed by atoms with van der Waals surface area (Å²) < 4.78 is 0. The summed E-state index contributed by atoms with van der Waals surface area (Å²) in [5.41, 5.74) is 9.17. The van der Waals surface area contributed by atoms with E-state index in [2.05, 4.69) is 44.1 Å². The van der Waals surface area contributed by atoms with E-state index in [4.69, 9.17) is 5.73 Å². The van der Waals surface area contributed by atoms with Crippen LogP contribution in [0.1, 0.15) is 40.4 Å². The first-order valence-corrected chi connectivity index (χ1v) is 9.50. The van der Waals surface area contributed by atoms with Crippen LogP contribution in [0.25, 0.3) is 10.9 Å². The molecular weight excluding hydrogens is 338 g/mol. The highest BCUT2D eigenvalue weighted by Crippen LogP contribution is 2.24. The van der Waals surface area contributed by atoms with Crippen LogP contribution in [0.3, 0.4) is 0 Å². The van der Waals surface area contributed by atoms with Gasteiger partial charge in [0.2, 0.25) is 0 Å². The second-order valence-electron chi connectivity index (χ2n) is 7.46. The lowest BCUT2D eigenvalue weighted by Crippen LogP contribution is -2.36. The van der Waals surface area contributed by atoms with Crippen molar-refractivity contribution in [1.82, 2.24) is 19.9 Å². The van der Waals surface area contributed by atoms with Crippen molar-refractivity contribution in [3.8, 4) is 0 Å². The van der Waals surface area contributed by atoms with Gasteiger partial charge in [-0.05, 0) is 62.4 Å². The Hall–Kier alpha value is -2.73. The minimum atomic E-state index is -0.494. The van der Waals surface area contributed by atoms with Gasteiger partial charge in [-0.1, -0.05) is 12.1 Å². The van der Waals surface area contributed by atoms with Gasteiger partial charge in [-0.3, -0.25) is 9.69 Å². The van der Waals surface area contributed by atoms with Crippen molar-refractivity contribution in [3.05, 3.63) is 59.3 Å². The normalized spacial score (nSPS) is 18.0. The summed E-state index contributed by atoms with van der Waals surface area (Å²) in [4.78, 5) is 25.9. The van der Waals surface area contributed by atoms with Gasteiger partial charge in [0.25, 0.3) is 5.91 Å². The van der Waals surface area contributed by atoms with Crippen molar-refractivity contribution in [1.29, 1.82) is 0 Å². The number of hydrogen-bond acceptors (Lipinski definition) is 4. The third-order valence-electron chi connectivity index (χ3n) is 5.32. The molecule has 3 aromatic rings. The Morgan fingerprint density at radius 2 is 2.22 bits per heavy atom. The number of aromatic nitrogens is 3. The van der Waals surface area contributed by atoms with Gasteiger partial charge < -0.3 is 10.7 Å². The zero-order valence-electron chi connectivity index (χ0n) is 15.6. The van der Waals surface area contributed by atoms with Gasteiger partial charge in [-0.15, -0.1) is 0 Å². The van der Waals surface area contributed by atoms with Crippen molar-refractivity contribution in [3.63, 3.8) is 0 Å². The molecule has 1 aromatic carbocycles. The number of amides is 1. The van der Waals surface area contributed by atoms with Crippen LogP contribution >= 0.6 is 0 Å². The molecule has 6 nitrogen and oxygen atoms in total. The maximum atomic E-state index is 11.5. The van der Waals surface area contributed by atoms with E-state index in [-0.39, 0.29) is 0 Å². The quantitative estimate of drug-likeness (QED) is 0.730. The summed E-state index contributed by atoms with van der Waals surface area (Å²) >= 11 is 0. The minimum absolute atomic E-state index is 0.310. The summed E-state index contributed by atoms with van der Waals surface area (Å²) in [6.45, 7) is 4.92. The number of carbonyl (C=O) groups excluding carboxylic acids is 1. The van der Waals surface area contributed by atoms with Gasteiger partial charge in [0.15, 0.2) is 0 Å². The SMILES string of the molecule is Cc1nc(CC2CCCN(Cc3cccc4[nH]ccc34)C2)cc(C(N)=O)n1. The number of primary amides is 1. The summed E-state index contributed by atoms with van der Waals surface area (Å²) in [5, 5.41) is 1.30. The number of aryl methyl sites for hydroxylation is 1. The fourth-order valence-electron chi connectivity index (χ4n) is 4.15. The lowest BCUT2D eigenvalue weighted by atomic mass is 9.92. The Balaban J connectivity index is 1.45. The summed E-state index contributed by atoms with van der Waals surface area (Å²) in [6, 6.07) is 10.3. The van der Waals surface area contributed by atoms with Crippen LogP contribution in [0.4, 0.5) is 0 Å². The number of aromatic amines is 1. The summed E-state index contributed by atoms with van der Waals surface area (Å²) in [7, 11) is 0. The number of rotatable bonds is 5. The molecule has 0 bridgehead atoms. The molecule has 6 heteroatoms. The molecule has 0 saturated carbocycles. The van der Waals surface area contributed by atoms with E-state index in [0.717, 1.165) is 31.7 Å². The number of H-pyrrole nitrogens is 1. The van der Waals surface area contributed by atoms with Crippen molar-refractivity contribution in [2.24, 2.45) is 11.7 Å². The van der Waals surface area contributed by atoms with Crippen LogP contribution in [0.2, 0.25) is 0 Å². The maximum Gasteiger partial charge on any atom is 0.267 e. The van der Waals surface area contributed by atoms with E-state index in [1.165, 1.54) is 29.3 Å². The van der Waals surface area contributed by atoms with Crippen LogP contribution in [0, 0.1) is 12.8 Å². The maximum absolute atomic E-state index is 11.5.